The van der Waals surface area contributed by atoms with E-state index in [1.54, 1.807) is 18.8 Å². The molecular formula is C11H24N6S. The number of nitrogens with one attached hydrogen (secondary N) is 3. The summed E-state index contributed by atoms with van der Waals surface area (Å²) in [5, 5.41) is 9.86. The Morgan fingerprint density at radius 3 is 2.22 bits per heavy atom. The van der Waals surface area contributed by atoms with Crippen molar-refractivity contribution in [3.63, 3.8) is 0 Å². The average Bonchev–Trinajstić information content (AvgIpc) is 2.41. The number of nitrogens with zero attached hydrogens (tertiary/aromatic N) is 3. The molecule has 1 aromatic rings. The molecule has 1 rings (SSSR count). The zero-order valence-corrected chi connectivity index (χ0v) is 12.7. The Kier molecular flexibility index (Phi) is 10.4. The number of aromatic nitrogens is 3. The van der Waals surface area contributed by atoms with Crippen LogP contribution in [-0.2, 0) is 0 Å². The van der Waals surface area contributed by atoms with Gasteiger partial charge in [0.2, 0.25) is 11.9 Å². The van der Waals surface area contributed by atoms with Crippen LogP contribution in [0.4, 0.5) is 11.9 Å². The van der Waals surface area contributed by atoms with Gasteiger partial charge in [-0.05, 0) is 12.8 Å². The fourth-order valence-corrected chi connectivity index (χ4v) is 1.60. The molecule has 7 heteroatoms. The van der Waals surface area contributed by atoms with Gasteiger partial charge in [0.1, 0.15) is 0 Å². The first-order valence-electron chi connectivity index (χ1n) is 6.25. The smallest absolute Gasteiger partial charge is 0.228 e. The third kappa shape index (κ3) is 6.61. The van der Waals surface area contributed by atoms with Crippen LogP contribution in [0.15, 0.2) is 5.16 Å². The fraction of sp³-hybridized carbons (Fsp3) is 0.727. The largest absolute Gasteiger partial charge is 0.357 e. The van der Waals surface area contributed by atoms with Crippen molar-refractivity contribution < 1.29 is 0 Å². The third-order valence-electron chi connectivity index (χ3n) is 1.77. The van der Waals surface area contributed by atoms with E-state index in [0.29, 0.717) is 11.9 Å². The van der Waals surface area contributed by atoms with Gasteiger partial charge in [-0.25, -0.2) is 0 Å². The summed E-state index contributed by atoms with van der Waals surface area (Å²) in [4.78, 5) is 12.8. The Labute approximate surface area is 114 Å². The Balaban J connectivity index is 0.00000137. The van der Waals surface area contributed by atoms with Gasteiger partial charge in [-0.2, -0.15) is 15.0 Å². The van der Waals surface area contributed by atoms with E-state index < -0.39 is 0 Å². The van der Waals surface area contributed by atoms with Gasteiger partial charge < -0.3 is 16.0 Å². The standard InChI is InChI=1S/C9H18N6S.C2H6/c1-4-16-9-14-7(11-3)13-8(15-9)12-6-5-10-2;1-2/h10H,4-6H2,1-3H3,(H2,11,12,13,14,15);1-2H3. The molecule has 0 saturated heterocycles. The first-order chi connectivity index (χ1) is 8.80. The summed E-state index contributed by atoms with van der Waals surface area (Å²) in [6.45, 7) is 7.73. The van der Waals surface area contributed by atoms with Crippen molar-refractivity contribution in [2.24, 2.45) is 0 Å². The highest BCUT2D eigenvalue weighted by atomic mass is 32.2. The van der Waals surface area contributed by atoms with Gasteiger partial charge in [-0.3, -0.25) is 0 Å². The molecule has 0 saturated carbocycles. The second kappa shape index (κ2) is 11.0. The average molecular weight is 272 g/mol. The lowest BCUT2D eigenvalue weighted by Crippen LogP contribution is -2.19. The minimum atomic E-state index is 0.595. The van der Waals surface area contributed by atoms with E-state index in [2.05, 4.69) is 37.8 Å². The van der Waals surface area contributed by atoms with Crippen LogP contribution in [-0.4, -0.2) is 47.9 Å². The summed E-state index contributed by atoms with van der Waals surface area (Å²) in [5.74, 6) is 2.16. The predicted molar refractivity (Wildman–Crippen MR) is 79.5 cm³/mol. The molecule has 0 aliphatic carbocycles. The van der Waals surface area contributed by atoms with E-state index >= 15 is 0 Å². The zero-order chi connectivity index (χ0) is 13.8. The molecule has 3 N–H and O–H groups in total. The number of anilines is 2. The van der Waals surface area contributed by atoms with Crippen molar-refractivity contribution in [3.05, 3.63) is 0 Å². The van der Waals surface area contributed by atoms with E-state index in [4.69, 9.17) is 0 Å². The maximum absolute atomic E-state index is 4.30. The molecule has 0 radical (unpaired) electrons. The fourth-order valence-electron chi connectivity index (χ4n) is 1.04. The molecule has 0 aliphatic rings. The first kappa shape index (κ1) is 16.9. The highest BCUT2D eigenvalue weighted by Gasteiger charge is 2.04. The molecule has 0 aromatic carbocycles. The maximum Gasteiger partial charge on any atom is 0.228 e. The van der Waals surface area contributed by atoms with Gasteiger partial charge in [-0.15, -0.1) is 0 Å². The molecule has 6 nitrogen and oxygen atoms in total. The van der Waals surface area contributed by atoms with Gasteiger partial charge in [-0.1, -0.05) is 32.5 Å². The van der Waals surface area contributed by atoms with Crippen LogP contribution in [0, 0.1) is 0 Å². The van der Waals surface area contributed by atoms with E-state index in [0.717, 1.165) is 24.0 Å². The molecule has 104 valence electrons. The number of hydrogen-bond donors (Lipinski definition) is 3. The summed E-state index contributed by atoms with van der Waals surface area (Å²) in [6.07, 6.45) is 0. The molecule has 0 bridgehead atoms. The van der Waals surface area contributed by atoms with Crippen molar-refractivity contribution >= 4 is 23.7 Å². The minimum Gasteiger partial charge on any atom is -0.357 e. The van der Waals surface area contributed by atoms with Gasteiger partial charge in [0.05, 0.1) is 0 Å². The van der Waals surface area contributed by atoms with Crippen LogP contribution in [0.5, 0.6) is 0 Å². The third-order valence-corrected chi connectivity index (χ3v) is 2.50. The Morgan fingerprint density at radius 2 is 1.67 bits per heavy atom. The minimum absolute atomic E-state index is 0.595. The van der Waals surface area contributed by atoms with E-state index in [-0.39, 0.29) is 0 Å². The van der Waals surface area contributed by atoms with Gasteiger partial charge in [0, 0.05) is 20.1 Å². The first-order valence-corrected chi connectivity index (χ1v) is 7.23. The van der Waals surface area contributed by atoms with Crippen LogP contribution in [0.25, 0.3) is 0 Å². The van der Waals surface area contributed by atoms with E-state index in [9.17, 15) is 0 Å². The SMILES string of the molecule is CC.CCSc1nc(NC)nc(NCCNC)n1. The number of rotatable bonds is 7. The van der Waals surface area contributed by atoms with Gasteiger partial charge in [0.25, 0.3) is 0 Å². The van der Waals surface area contributed by atoms with Crippen LogP contribution < -0.4 is 16.0 Å². The highest BCUT2D eigenvalue weighted by Crippen LogP contribution is 2.15. The zero-order valence-electron chi connectivity index (χ0n) is 11.9. The molecule has 0 atom stereocenters. The summed E-state index contributed by atoms with van der Waals surface area (Å²) in [5.41, 5.74) is 0. The summed E-state index contributed by atoms with van der Waals surface area (Å²) >= 11 is 1.60. The second-order valence-corrected chi connectivity index (χ2v) is 4.21. The topological polar surface area (TPSA) is 74.8 Å². The van der Waals surface area contributed by atoms with Crippen LogP contribution in [0.1, 0.15) is 20.8 Å². The molecule has 0 fully saturated rings. The quantitative estimate of drug-likeness (QED) is 0.515. The summed E-state index contributed by atoms with van der Waals surface area (Å²) in [7, 11) is 3.71. The lowest BCUT2D eigenvalue weighted by molar-refractivity contribution is 0.809. The normalized spacial score (nSPS) is 9.39. The van der Waals surface area contributed by atoms with E-state index in [1.807, 2.05) is 20.9 Å². The Hall–Kier alpha value is -1.08. The molecule has 1 aromatic heterocycles. The second-order valence-electron chi connectivity index (χ2n) is 2.98. The summed E-state index contributed by atoms with van der Waals surface area (Å²) < 4.78 is 0. The van der Waals surface area contributed by atoms with Crippen LogP contribution in [0.2, 0.25) is 0 Å². The molecule has 0 amide bonds. The van der Waals surface area contributed by atoms with Crippen molar-refractivity contribution in [2.75, 3.05) is 43.6 Å². The number of thioether (sulfide) groups is 1. The van der Waals surface area contributed by atoms with E-state index in [1.165, 1.54) is 0 Å². The van der Waals surface area contributed by atoms with Gasteiger partial charge >= 0.3 is 0 Å². The Morgan fingerprint density at radius 1 is 1.00 bits per heavy atom. The monoisotopic (exact) mass is 272 g/mol. The van der Waals surface area contributed by atoms with Crippen LogP contribution in [0.3, 0.4) is 0 Å². The molecular weight excluding hydrogens is 248 g/mol. The lowest BCUT2D eigenvalue weighted by atomic mass is 10.6. The molecule has 0 spiro atoms. The highest BCUT2D eigenvalue weighted by molar-refractivity contribution is 7.99. The molecule has 0 aliphatic heterocycles. The van der Waals surface area contributed by atoms with Crippen molar-refractivity contribution in [1.82, 2.24) is 20.3 Å². The summed E-state index contributed by atoms with van der Waals surface area (Å²) in [6, 6.07) is 0. The number of likely N-dealkylation sites (N-methyl/N-ethyl adjacent to an activating group) is 1. The van der Waals surface area contributed by atoms with Crippen molar-refractivity contribution in [3.8, 4) is 0 Å². The maximum atomic E-state index is 4.30. The van der Waals surface area contributed by atoms with Crippen molar-refractivity contribution in [2.45, 2.75) is 25.9 Å². The van der Waals surface area contributed by atoms with Crippen molar-refractivity contribution in [1.29, 1.82) is 0 Å². The lowest BCUT2D eigenvalue weighted by Gasteiger charge is -2.07. The predicted octanol–water partition coefficient (Wildman–Crippen LogP) is 1.68. The molecule has 1 heterocycles. The van der Waals surface area contributed by atoms with Gasteiger partial charge in [0.15, 0.2) is 5.16 Å². The molecule has 18 heavy (non-hydrogen) atoms. The Bertz CT molecular complexity index is 320. The van der Waals surface area contributed by atoms with Crippen LogP contribution >= 0.6 is 11.8 Å². The number of hydrogen-bond acceptors (Lipinski definition) is 7. The molecule has 0 unspecified atom stereocenters.